The number of aromatic nitrogens is 3. The molecule has 0 saturated heterocycles. The minimum atomic E-state index is -0.490. The molecule has 1 aromatic heterocycles. The van der Waals surface area contributed by atoms with Gasteiger partial charge in [-0.05, 0) is 61.7 Å². The molecule has 7 nitrogen and oxygen atoms in total. The molecule has 206 valence electrons. The van der Waals surface area contributed by atoms with Gasteiger partial charge in [0, 0.05) is 32.7 Å². The second-order valence-corrected chi connectivity index (χ2v) is 11.3. The molecule has 1 atom stereocenters. The van der Waals surface area contributed by atoms with Crippen molar-refractivity contribution < 1.29 is 9.53 Å². The van der Waals surface area contributed by atoms with Crippen LogP contribution in [0.5, 0.6) is 5.75 Å². The number of hydrogen-bond acceptors (Lipinski definition) is 6. The zero-order valence-electron chi connectivity index (χ0n) is 22.4. The molecular formula is C30H29Cl2N5O2S. The number of anilines is 2. The summed E-state index contributed by atoms with van der Waals surface area (Å²) in [6.07, 6.45) is 1.01. The van der Waals surface area contributed by atoms with Crippen molar-refractivity contribution in [2.45, 2.75) is 45.0 Å². The smallest absolute Gasteiger partial charge is 0.255 e. The van der Waals surface area contributed by atoms with Gasteiger partial charge in [0.25, 0.3) is 5.91 Å². The third-order valence-corrected chi connectivity index (χ3v) is 8.30. The van der Waals surface area contributed by atoms with Crippen LogP contribution in [0.25, 0.3) is 0 Å². The predicted octanol–water partition coefficient (Wildman–Crippen LogP) is 7.90. The molecule has 1 aliphatic heterocycles. The van der Waals surface area contributed by atoms with Crippen molar-refractivity contribution in [2.75, 3.05) is 16.4 Å². The lowest BCUT2D eigenvalue weighted by Crippen LogP contribution is -2.31. The second kappa shape index (κ2) is 12.4. The summed E-state index contributed by atoms with van der Waals surface area (Å²) in [6.45, 7) is 6.21. The SMILES string of the molecule is CCCSc1nc2n(n1)C(c1ccc(OCc3c(Cl)cccc3Cl)cc1)C(C(=O)Nc1ccccc1C)=C(C)N2. The van der Waals surface area contributed by atoms with Crippen molar-refractivity contribution in [3.05, 3.63) is 105 Å². The molecule has 0 radical (unpaired) electrons. The lowest BCUT2D eigenvalue weighted by Gasteiger charge is -2.29. The fourth-order valence-corrected chi connectivity index (χ4v) is 5.65. The lowest BCUT2D eigenvalue weighted by atomic mass is 9.95. The molecule has 10 heteroatoms. The number of carbonyl (C=O) groups excluding carboxylic acids is 1. The van der Waals surface area contributed by atoms with E-state index in [4.69, 9.17) is 38.0 Å². The van der Waals surface area contributed by atoms with Crippen molar-refractivity contribution in [1.82, 2.24) is 14.8 Å². The first kappa shape index (κ1) is 28.1. The Bertz CT molecular complexity index is 1550. The minimum absolute atomic E-state index is 0.207. The number of hydrogen-bond donors (Lipinski definition) is 2. The number of nitrogens with zero attached hydrogens (tertiary/aromatic N) is 3. The highest BCUT2D eigenvalue weighted by molar-refractivity contribution is 7.99. The summed E-state index contributed by atoms with van der Waals surface area (Å²) in [6, 6.07) is 20.2. The van der Waals surface area contributed by atoms with Gasteiger partial charge in [-0.2, -0.15) is 4.98 Å². The van der Waals surface area contributed by atoms with Crippen molar-refractivity contribution in [2.24, 2.45) is 0 Å². The number of para-hydroxylation sites is 1. The largest absolute Gasteiger partial charge is 0.489 e. The van der Waals surface area contributed by atoms with E-state index in [2.05, 4.69) is 17.6 Å². The van der Waals surface area contributed by atoms with Gasteiger partial charge in [-0.25, -0.2) is 4.68 Å². The van der Waals surface area contributed by atoms with Gasteiger partial charge in [-0.15, -0.1) is 5.10 Å². The van der Waals surface area contributed by atoms with E-state index >= 15 is 0 Å². The molecule has 1 amide bonds. The molecule has 0 fully saturated rings. The van der Waals surface area contributed by atoms with Crippen molar-refractivity contribution in [3.63, 3.8) is 0 Å². The summed E-state index contributed by atoms with van der Waals surface area (Å²) < 4.78 is 7.78. The Morgan fingerprint density at radius 2 is 1.77 bits per heavy atom. The Morgan fingerprint density at radius 3 is 2.48 bits per heavy atom. The number of benzene rings is 3. The molecule has 1 unspecified atom stereocenters. The Kier molecular flexibility index (Phi) is 8.69. The molecule has 4 aromatic rings. The average Bonchev–Trinajstić information content (AvgIpc) is 3.34. The number of fused-ring (bicyclic) bond motifs is 1. The van der Waals surface area contributed by atoms with Gasteiger partial charge in [-0.3, -0.25) is 4.79 Å². The van der Waals surface area contributed by atoms with Gasteiger partial charge in [0.15, 0.2) is 0 Å². The van der Waals surface area contributed by atoms with Crippen LogP contribution in [0.2, 0.25) is 10.0 Å². The maximum absolute atomic E-state index is 13.8. The maximum atomic E-state index is 13.8. The summed E-state index contributed by atoms with van der Waals surface area (Å²) in [4.78, 5) is 18.5. The minimum Gasteiger partial charge on any atom is -0.489 e. The summed E-state index contributed by atoms with van der Waals surface area (Å²) in [5.41, 5.74) is 4.62. The summed E-state index contributed by atoms with van der Waals surface area (Å²) in [5.74, 6) is 1.95. The number of amides is 1. The quantitative estimate of drug-likeness (QED) is 0.192. The Morgan fingerprint density at radius 1 is 1.05 bits per heavy atom. The lowest BCUT2D eigenvalue weighted by molar-refractivity contribution is -0.113. The fraction of sp³-hybridized carbons (Fsp3) is 0.233. The van der Waals surface area contributed by atoms with E-state index in [1.807, 2.05) is 62.4 Å². The van der Waals surface area contributed by atoms with Crippen LogP contribution in [0.15, 0.2) is 83.2 Å². The highest BCUT2D eigenvalue weighted by Gasteiger charge is 2.34. The predicted molar refractivity (Wildman–Crippen MR) is 163 cm³/mol. The van der Waals surface area contributed by atoms with Crippen LogP contribution >= 0.6 is 35.0 Å². The Hall–Kier alpha value is -3.46. The van der Waals surface area contributed by atoms with Gasteiger partial charge in [0.05, 0.1) is 5.57 Å². The number of halogens is 2. The van der Waals surface area contributed by atoms with Crippen LogP contribution in [0.4, 0.5) is 11.6 Å². The molecule has 1 aliphatic rings. The zero-order chi connectivity index (χ0) is 28.2. The average molecular weight is 595 g/mol. The van der Waals surface area contributed by atoms with Crippen LogP contribution in [0.1, 0.15) is 43.0 Å². The molecule has 0 spiro atoms. The van der Waals surface area contributed by atoms with E-state index in [1.165, 1.54) is 0 Å². The van der Waals surface area contributed by atoms with Gasteiger partial charge >= 0.3 is 0 Å². The van der Waals surface area contributed by atoms with E-state index in [0.29, 0.717) is 32.5 Å². The van der Waals surface area contributed by atoms with E-state index in [1.54, 1.807) is 34.6 Å². The van der Waals surface area contributed by atoms with Crippen molar-refractivity contribution >= 4 is 52.5 Å². The van der Waals surface area contributed by atoms with Crippen molar-refractivity contribution in [3.8, 4) is 5.75 Å². The standard InChI is InChI=1S/C30H29Cl2N5O2S/c1-4-16-40-30-35-29-33-19(3)26(28(38)34-25-11-6-5-8-18(25)2)27(37(29)36-30)20-12-14-21(15-13-20)39-17-22-23(31)9-7-10-24(22)32/h5-15,27H,4,16-17H2,1-3H3,(H,34,38)(H,33,35,36). The fourth-order valence-electron chi connectivity index (χ4n) is 4.46. The molecule has 0 bridgehead atoms. The summed E-state index contributed by atoms with van der Waals surface area (Å²) in [7, 11) is 0. The van der Waals surface area contributed by atoms with E-state index in [-0.39, 0.29) is 12.5 Å². The molecule has 0 aliphatic carbocycles. The summed E-state index contributed by atoms with van der Waals surface area (Å²) >= 11 is 14.2. The Balaban J connectivity index is 1.46. The van der Waals surface area contributed by atoms with Gasteiger partial charge in [0.2, 0.25) is 11.1 Å². The number of carbonyl (C=O) groups is 1. The van der Waals surface area contributed by atoms with Gasteiger partial charge in [-0.1, -0.05) is 78.3 Å². The first-order valence-electron chi connectivity index (χ1n) is 13.0. The monoisotopic (exact) mass is 593 g/mol. The van der Waals surface area contributed by atoms with E-state index in [0.717, 1.165) is 40.2 Å². The van der Waals surface area contributed by atoms with Gasteiger partial charge < -0.3 is 15.4 Å². The molecule has 2 N–H and O–H groups in total. The molecule has 0 saturated carbocycles. The van der Waals surface area contributed by atoms with Crippen LogP contribution in [0, 0.1) is 6.92 Å². The number of rotatable bonds is 9. The number of nitrogens with one attached hydrogen (secondary N) is 2. The number of ether oxygens (including phenoxy) is 1. The van der Waals surface area contributed by atoms with E-state index in [9.17, 15) is 4.79 Å². The molecule has 40 heavy (non-hydrogen) atoms. The first-order chi connectivity index (χ1) is 19.4. The molecular weight excluding hydrogens is 565 g/mol. The molecule has 5 rings (SSSR count). The van der Waals surface area contributed by atoms with Crippen LogP contribution in [-0.4, -0.2) is 26.4 Å². The zero-order valence-corrected chi connectivity index (χ0v) is 24.7. The molecule has 2 heterocycles. The third kappa shape index (κ3) is 5.99. The topological polar surface area (TPSA) is 81.1 Å². The van der Waals surface area contributed by atoms with Crippen LogP contribution in [-0.2, 0) is 11.4 Å². The highest BCUT2D eigenvalue weighted by atomic mass is 35.5. The van der Waals surface area contributed by atoms with Crippen LogP contribution in [0.3, 0.4) is 0 Å². The molecule has 3 aromatic carbocycles. The Labute approximate surface area is 247 Å². The van der Waals surface area contributed by atoms with Gasteiger partial charge in [0.1, 0.15) is 18.4 Å². The summed E-state index contributed by atoms with van der Waals surface area (Å²) in [5, 5.41) is 12.9. The van der Waals surface area contributed by atoms with E-state index < -0.39 is 6.04 Å². The number of thioether (sulfide) groups is 1. The second-order valence-electron chi connectivity index (χ2n) is 9.40. The number of aryl methyl sites for hydroxylation is 1. The van der Waals surface area contributed by atoms with Crippen molar-refractivity contribution in [1.29, 1.82) is 0 Å². The third-order valence-electron chi connectivity index (χ3n) is 6.55. The first-order valence-corrected chi connectivity index (χ1v) is 14.7. The van der Waals surface area contributed by atoms with Crippen LogP contribution < -0.4 is 15.4 Å². The maximum Gasteiger partial charge on any atom is 0.255 e. The highest BCUT2D eigenvalue weighted by Crippen LogP contribution is 2.37. The number of allylic oxidation sites excluding steroid dienone is 1. The normalized spacial score (nSPS) is 14.5.